The first-order valence-corrected chi connectivity index (χ1v) is 9.53. The van der Waals surface area contributed by atoms with Crippen molar-refractivity contribution < 1.29 is 27.9 Å². The van der Waals surface area contributed by atoms with Crippen molar-refractivity contribution in [2.24, 2.45) is 0 Å². The van der Waals surface area contributed by atoms with Gasteiger partial charge in [-0.1, -0.05) is 6.07 Å². The molecule has 0 atom stereocenters. The molecule has 4 rings (SSSR count). The lowest BCUT2D eigenvalue weighted by Crippen LogP contribution is -2.10. The number of thiophene rings is 1. The maximum absolute atomic E-state index is 13.3. The number of carbonyl (C=O) groups is 2. The van der Waals surface area contributed by atoms with Crippen LogP contribution in [0.1, 0.15) is 26.7 Å². The van der Waals surface area contributed by atoms with Crippen molar-refractivity contribution in [1.82, 2.24) is 14.8 Å². The van der Waals surface area contributed by atoms with E-state index in [1.165, 1.54) is 59.7 Å². The number of ether oxygens (including phenoxy) is 2. The van der Waals surface area contributed by atoms with Gasteiger partial charge in [-0.2, -0.15) is 4.98 Å². The summed E-state index contributed by atoms with van der Waals surface area (Å²) in [5.74, 6) is -1.43. The van der Waals surface area contributed by atoms with Gasteiger partial charge in [0.05, 0.1) is 23.9 Å². The molecule has 30 heavy (non-hydrogen) atoms. The Morgan fingerprint density at radius 1 is 1.17 bits per heavy atom. The number of nitrogens with zero attached hydrogens (tertiary/aromatic N) is 3. The summed E-state index contributed by atoms with van der Waals surface area (Å²) in [4.78, 5) is 29.3. The Kier molecular flexibility index (Phi) is 5.40. The van der Waals surface area contributed by atoms with Crippen molar-refractivity contribution in [3.8, 4) is 16.4 Å². The van der Waals surface area contributed by atoms with Crippen LogP contribution in [0.15, 0.2) is 58.5 Å². The van der Waals surface area contributed by atoms with Gasteiger partial charge in [0.1, 0.15) is 11.4 Å². The smallest absolute Gasteiger partial charge is 0.378 e. The summed E-state index contributed by atoms with van der Waals surface area (Å²) < 4.78 is 29.8. The first kappa shape index (κ1) is 19.5. The molecule has 0 unspecified atom stereocenters. The van der Waals surface area contributed by atoms with Crippen molar-refractivity contribution in [3.05, 3.63) is 77.1 Å². The number of esters is 2. The summed E-state index contributed by atoms with van der Waals surface area (Å²) >= 11 is 1.42. The van der Waals surface area contributed by atoms with E-state index in [0.717, 1.165) is 4.88 Å². The molecule has 0 aliphatic carbocycles. The van der Waals surface area contributed by atoms with Gasteiger partial charge in [0.25, 0.3) is 5.82 Å². The van der Waals surface area contributed by atoms with Gasteiger partial charge in [0.2, 0.25) is 0 Å². The monoisotopic (exact) mass is 427 g/mol. The van der Waals surface area contributed by atoms with E-state index in [9.17, 15) is 14.0 Å². The van der Waals surface area contributed by atoms with Crippen LogP contribution in [0.5, 0.6) is 0 Å². The number of furan rings is 1. The van der Waals surface area contributed by atoms with Crippen LogP contribution in [-0.2, 0) is 16.1 Å². The third-order valence-electron chi connectivity index (χ3n) is 4.09. The van der Waals surface area contributed by atoms with Gasteiger partial charge in [-0.3, -0.25) is 0 Å². The molecule has 0 fully saturated rings. The second kappa shape index (κ2) is 8.29. The lowest BCUT2D eigenvalue weighted by atomic mass is 10.2. The number of hydrogen-bond acceptors (Lipinski definition) is 8. The van der Waals surface area contributed by atoms with Gasteiger partial charge in [0, 0.05) is 0 Å². The zero-order chi connectivity index (χ0) is 21.1. The van der Waals surface area contributed by atoms with E-state index < -0.39 is 17.8 Å². The van der Waals surface area contributed by atoms with E-state index in [4.69, 9.17) is 9.15 Å². The summed E-state index contributed by atoms with van der Waals surface area (Å²) in [6.07, 6.45) is 1.30. The molecule has 1 aromatic carbocycles. The minimum Gasteiger partial charge on any atom is -0.465 e. The fourth-order valence-electron chi connectivity index (χ4n) is 2.67. The molecule has 0 aliphatic heterocycles. The SMILES string of the molecule is COC(=O)c1ccoc1COC(=O)c1nc(-c2cccs2)n(-c2ccc(F)cc2)n1. The van der Waals surface area contributed by atoms with Crippen molar-refractivity contribution in [2.75, 3.05) is 7.11 Å². The van der Waals surface area contributed by atoms with Gasteiger partial charge >= 0.3 is 11.9 Å². The molecule has 0 spiro atoms. The summed E-state index contributed by atoms with van der Waals surface area (Å²) in [6, 6.07) is 10.7. The number of benzene rings is 1. The lowest BCUT2D eigenvalue weighted by molar-refractivity contribution is 0.0419. The minimum atomic E-state index is -0.805. The average Bonchev–Trinajstić information content (AvgIpc) is 3.52. The quantitative estimate of drug-likeness (QED) is 0.431. The normalized spacial score (nSPS) is 10.7. The Bertz CT molecular complexity index is 1180. The molecule has 0 bridgehead atoms. The zero-order valence-electron chi connectivity index (χ0n) is 15.6. The highest BCUT2D eigenvalue weighted by Gasteiger charge is 2.22. The third kappa shape index (κ3) is 3.85. The van der Waals surface area contributed by atoms with E-state index in [1.807, 2.05) is 17.5 Å². The molecule has 3 aromatic heterocycles. The second-order valence-electron chi connectivity index (χ2n) is 5.95. The zero-order valence-corrected chi connectivity index (χ0v) is 16.4. The molecule has 4 aromatic rings. The fourth-order valence-corrected chi connectivity index (χ4v) is 3.36. The summed E-state index contributed by atoms with van der Waals surface area (Å²) in [5.41, 5.74) is 0.694. The summed E-state index contributed by atoms with van der Waals surface area (Å²) in [5, 5.41) is 6.10. The number of carbonyl (C=O) groups excluding carboxylic acids is 2. The second-order valence-corrected chi connectivity index (χ2v) is 6.90. The highest BCUT2D eigenvalue weighted by atomic mass is 32.1. The first-order valence-electron chi connectivity index (χ1n) is 8.65. The van der Waals surface area contributed by atoms with E-state index in [1.54, 1.807) is 0 Å². The highest BCUT2D eigenvalue weighted by Crippen LogP contribution is 2.26. The molecule has 0 saturated heterocycles. The van der Waals surface area contributed by atoms with Gasteiger partial charge in [0.15, 0.2) is 18.2 Å². The van der Waals surface area contributed by atoms with Crippen LogP contribution in [0.3, 0.4) is 0 Å². The number of halogens is 1. The standard InChI is InChI=1S/C20H14FN3O5S/c1-27-19(25)14-8-9-28-15(14)11-29-20(26)17-22-18(16-3-2-10-30-16)24(23-17)13-6-4-12(21)5-7-13/h2-10H,11H2,1H3. The lowest BCUT2D eigenvalue weighted by Gasteiger charge is -2.04. The Balaban J connectivity index is 1.61. The molecule has 0 radical (unpaired) electrons. The molecule has 8 nitrogen and oxygen atoms in total. The molecular weight excluding hydrogens is 413 g/mol. The topological polar surface area (TPSA) is 96.5 Å². The van der Waals surface area contributed by atoms with Crippen LogP contribution < -0.4 is 0 Å². The Labute approximate surface area is 173 Å². The van der Waals surface area contributed by atoms with Gasteiger partial charge in [-0.15, -0.1) is 16.4 Å². The Hall–Kier alpha value is -3.79. The van der Waals surface area contributed by atoms with E-state index in [-0.39, 0.29) is 23.8 Å². The van der Waals surface area contributed by atoms with Crippen LogP contribution in [0.4, 0.5) is 4.39 Å². The molecule has 10 heteroatoms. The van der Waals surface area contributed by atoms with Crippen molar-refractivity contribution in [1.29, 1.82) is 0 Å². The minimum absolute atomic E-state index is 0.145. The van der Waals surface area contributed by atoms with Crippen LogP contribution >= 0.6 is 11.3 Å². The fraction of sp³-hybridized carbons (Fsp3) is 0.100. The van der Waals surface area contributed by atoms with Crippen LogP contribution in [0, 0.1) is 5.82 Å². The van der Waals surface area contributed by atoms with Crippen molar-refractivity contribution >= 4 is 23.3 Å². The number of rotatable bonds is 6. The predicted octanol–water partition coefficient (Wildman–Crippen LogP) is 3.87. The molecule has 0 saturated carbocycles. The molecule has 0 aliphatic rings. The van der Waals surface area contributed by atoms with Crippen molar-refractivity contribution in [3.63, 3.8) is 0 Å². The number of aromatic nitrogens is 3. The van der Waals surface area contributed by atoms with Gasteiger partial charge in [-0.25, -0.2) is 18.7 Å². The van der Waals surface area contributed by atoms with E-state index in [2.05, 4.69) is 14.8 Å². The van der Waals surface area contributed by atoms with Gasteiger partial charge in [-0.05, 0) is 41.8 Å². The molecular formula is C20H14FN3O5S. The maximum Gasteiger partial charge on any atom is 0.378 e. The first-order chi connectivity index (χ1) is 14.6. The summed E-state index contributed by atoms with van der Waals surface area (Å²) in [7, 11) is 1.24. The Morgan fingerprint density at radius 2 is 1.97 bits per heavy atom. The van der Waals surface area contributed by atoms with Crippen LogP contribution in [-0.4, -0.2) is 33.8 Å². The van der Waals surface area contributed by atoms with E-state index in [0.29, 0.717) is 11.5 Å². The average molecular weight is 427 g/mol. The summed E-state index contributed by atoms with van der Waals surface area (Å²) in [6.45, 7) is -0.296. The predicted molar refractivity (Wildman–Crippen MR) is 104 cm³/mol. The molecule has 0 N–H and O–H groups in total. The largest absolute Gasteiger partial charge is 0.465 e. The maximum atomic E-state index is 13.3. The van der Waals surface area contributed by atoms with Gasteiger partial charge < -0.3 is 13.9 Å². The number of hydrogen-bond donors (Lipinski definition) is 0. The Morgan fingerprint density at radius 3 is 2.67 bits per heavy atom. The highest BCUT2D eigenvalue weighted by molar-refractivity contribution is 7.13. The molecule has 0 amide bonds. The third-order valence-corrected chi connectivity index (χ3v) is 4.95. The van der Waals surface area contributed by atoms with Crippen molar-refractivity contribution in [2.45, 2.75) is 6.61 Å². The van der Waals surface area contributed by atoms with E-state index >= 15 is 0 Å². The number of methoxy groups -OCH3 is 1. The molecule has 152 valence electrons. The molecule has 3 heterocycles. The van der Waals surface area contributed by atoms with Crippen LogP contribution in [0.25, 0.3) is 16.4 Å². The van der Waals surface area contributed by atoms with Crippen LogP contribution in [0.2, 0.25) is 0 Å².